The van der Waals surface area contributed by atoms with Gasteiger partial charge in [0, 0.05) is 13.0 Å². The zero-order chi connectivity index (χ0) is 31.8. The fraction of sp³-hybridized carbons (Fsp3) is 0.714. The van der Waals surface area contributed by atoms with Gasteiger partial charge >= 0.3 is 12.1 Å². The summed E-state index contributed by atoms with van der Waals surface area (Å²) in [5, 5.41) is 9.83. The minimum absolute atomic E-state index is 0.0237. The average molecular weight is 719 g/mol. The van der Waals surface area contributed by atoms with Crippen molar-refractivity contribution >= 4 is 55.7 Å². The highest BCUT2D eigenvalue weighted by molar-refractivity contribution is 9.13. The molecule has 5 atom stereocenters. The molecule has 1 aromatic heterocycles. The van der Waals surface area contributed by atoms with E-state index in [0.29, 0.717) is 17.3 Å². The summed E-state index contributed by atoms with van der Waals surface area (Å²) >= 11 is 6.54. The first-order valence-corrected chi connectivity index (χ1v) is 15.7. The summed E-state index contributed by atoms with van der Waals surface area (Å²) in [6, 6.07) is -2.76. The molecule has 3 rings (SSSR count). The molecule has 1 aromatic rings. The van der Waals surface area contributed by atoms with Crippen molar-refractivity contribution in [1.29, 1.82) is 0 Å². The fourth-order valence-corrected chi connectivity index (χ4v) is 5.79. The molecule has 234 valence electrons. The molecule has 0 spiro atoms. The van der Waals surface area contributed by atoms with Crippen LogP contribution in [0.3, 0.4) is 0 Å². The van der Waals surface area contributed by atoms with Crippen molar-refractivity contribution in [2.24, 2.45) is 11.3 Å². The number of rotatable bonds is 8. The maximum absolute atomic E-state index is 14.2. The number of alkyl carbamates (subject to hydrolysis) is 1. The van der Waals surface area contributed by atoms with E-state index in [9.17, 15) is 24.0 Å². The lowest BCUT2D eigenvalue weighted by atomic mass is 9.85. The third-order valence-corrected chi connectivity index (χ3v) is 9.37. The fourth-order valence-electron chi connectivity index (χ4n) is 5.25. The van der Waals surface area contributed by atoms with Gasteiger partial charge in [-0.05, 0) is 77.3 Å². The average Bonchev–Trinajstić information content (AvgIpc) is 3.41. The molecule has 12 nitrogen and oxygen atoms in total. The molecule has 0 unspecified atom stereocenters. The highest BCUT2D eigenvalue weighted by atomic mass is 79.9. The number of esters is 1. The Kier molecular flexibility index (Phi) is 10.2. The number of nitrogens with zero attached hydrogens (tertiary/aromatic N) is 3. The molecule has 0 radical (unpaired) electrons. The number of nitrogens with one attached hydrogen (secondary N) is 2. The van der Waals surface area contributed by atoms with E-state index in [4.69, 9.17) is 9.47 Å². The lowest BCUT2D eigenvalue weighted by Gasteiger charge is -2.36. The van der Waals surface area contributed by atoms with E-state index >= 15 is 0 Å². The van der Waals surface area contributed by atoms with Crippen LogP contribution in [-0.4, -0.2) is 74.9 Å². The van der Waals surface area contributed by atoms with Crippen LogP contribution in [0, 0.1) is 11.3 Å². The zero-order valence-corrected chi connectivity index (χ0v) is 28.5. The van der Waals surface area contributed by atoms with Crippen molar-refractivity contribution in [1.82, 2.24) is 25.3 Å². The zero-order valence-electron chi connectivity index (χ0n) is 25.4. The van der Waals surface area contributed by atoms with Crippen LogP contribution < -0.4 is 16.2 Å². The first-order valence-electron chi connectivity index (χ1n) is 14.1. The van der Waals surface area contributed by atoms with Gasteiger partial charge in [-0.15, -0.1) is 0 Å². The van der Waals surface area contributed by atoms with E-state index in [2.05, 4.69) is 47.6 Å². The summed E-state index contributed by atoms with van der Waals surface area (Å²) in [5.41, 5.74) is -3.15. The Labute approximate surface area is 262 Å². The monoisotopic (exact) mass is 717 g/mol. The molecule has 2 aliphatic rings. The van der Waals surface area contributed by atoms with Crippen LogP contribution in [-0.2, 0) is 23.9 Å². The third kappa shape index (κ3) is 7.35. The van der Waals surface area contributed by atoms with Crippen LogP contribution in [0.1, 0.15) is 80.7 Å². The molecule has 14 heteroatoms. The summed E-state index contributed by atoms with van der Waals surface area (Å²) in [7, 11) is 0. The highest BCUT2D eigenvalue weighted by Gasteiger charge is 2.62. The highest BCUT2D eigenvalue weighted by Crippen LogP contribution is 2.47. The molecule has 3 amide bonds. The quantitative estimate of drug-likeness (QED) is 0.387. The number of aromatic nitrogens is 2. The molecule has 2 fully saturated rings. The van der Waals surface area contributed by atoms with E-state index < -0.39 is 64.1 Å². The van der Waals surface area contributed by atoms with E-state index in [0.717, 1.165) is 0 Å². The SMILES string of the molecule is CCOC(=O)[C@@]1(NC(=O)[C@@H]2C[C@@H](n3ncc(Br)c(Br)c3=O)CN2C(=O)[C@@H](NC(=O)OC(C)(C)C)C(C)(C)C)C[C@H]1CC. The van der Waals surface area contributed by atoms with Gasteiger partial charge in [0.25, 0.3) is 5.56 Å². The number of hydrogen-bond acceptors (Lipinski definition) is 8. The summed E-state index contributed by atoms with van der Waals surface area (Å²) in [4.78, 5) is 68.2. The number of carbonyl (C=O) groups is 4. The van der Waals surface area contributed by atoms with Gasteiger partial charge in [-0.1, -0.05) is 34.1 Å². The first kappa shape index (κ1) is 34.0. The molecule has 0 aromatic carbocycles. The van der Waals surface area contributed by atoms with Gasteiger partial charge in [-0.25, -0.2) is 14.3 Å². The Morgan fingerprint density at radius 2 is 1.79 bits per heavy atom. The van der Waals surface area contributed by atoms with Crippen molar-refractivity contribution < 1.29 is 28.7 Å². The Bertz CT molecular complexity index is 1290. The Hall–Kier alpha value is -2.48. The van der Waals surface area contributed by atoms with Crippen molar-refractivity contribution in [3.63, 3.8) is 0 Å². The van der Waals surface area contributed by atoms with Crippen LogP contribution in [0.4, 0.5) is 4.79 Å². The molecule has 2 heterocycles. The van der Waals surface area contributed by atoms with Crippen LogP contribution in [0.15, 0.2) is 19.9 Å². The van der Waals surface area contributed by atoms with Gasteiger partial charge in [0.15, 0.2) is 0 Å². The topological polar surface area (TPSA) is 149 Å². The summed E-state index contributed by atoms with van der Waals surface area (Å²) in [6.07, 6.45) is 1.85. The molecule has 1 aliphatic carbocycles. The van der Waals surface area contributed by atoms with E-state index in [1.54, 1.807) is 48.5 Å². The smallest absolute Gasteiger partial charge is 0.408 e. The summed E-state index contributed by atoms with van der Waals surface area (Å²) in [5.74, 6) is -1.66. The molecule has 1 saturated carbocycles. The predicted molar refractivity (Wildman–Crippen MR) is 162 cm³/mol. The largest absolute Gasteiger partial charge is 0.464 e. The Morgan fingerprint density at radius 1 is 1.14 bits per heavy atom. The van der Waals surface area contributed by atoms with Crippen LogP contribution in [0.5, 0.6) is 0 Å². The minimum atomic E-state index is -1.16. The first-order chi connectivity index (χ1) is 19.4. The number of ether oxygens (including phenoxy) is 2. The molecule has 42 heavy (non-hydrogen) atoms. The normalized spacial score (nSPS) is 24.5. The van der Waals surface area contributed by atoms with Gasteiger partial charge in [-0.2, -0.15) is 5.10 Å². The molecule has 2 N–H and O–H groups in total. The van der Waals surface area contributed by atoms with E-state index in [1.807, 2.05) is 6.92 Å². The molecular formula is C28H41Br2N5O7. The van der Waals surface area contributed by atoms with E-state index in [-0.39, 0.29) is 30.0 Å². The van der Waals surface area contributed by atoms with Gasteiger partial charge in [0.1, 0.15) is 27.7 Å². The van der Waals surface area contributed by atoms with Crippen LogP contribution in [0.25, 0.3) is 0 Å². The second kappa shape index (κ2) is 12.6. The van der Waals surface area contributed by atoms with Gasteiger partial charge in [0.2, 0.25) is 11.8 Å². The van der Waals surface area contributed by atoms with E-state index in [1.165, 1.54) is 15.8 Å². The number of hydrogen-bond donors (Lipinski definition) is 2. The number of carbonyl (C=O) groups excluding carboxylic acids is 4. The lowest BCUT2D eigenvalue weighted by Crippen LogP contribution is -2.59. The van der Waals surface area contributed by atoms with Crippen molar-refractivity contribution in [3.05, 3.63) is 25.5 Å². The van der Waals surface area contributed by atoms with Crippen molar-refractivity contribution in [3.8, 4) is 0 Å². The third-order valence-electron chi connectivity index (χ3n) is 7.47. The summed E-state index contributed by atoms with van der Waals surface area (Å²) in [6.45, 7) is 14.3. The van der Waals surface area contributed by atoms with Crippen LogP contribution >= 0.6 is 31.9 Å². The maximum atomic E-state index is 14.2. The number of likely N-dealkylation sites (tertiary alicyclic amines) is 1. The lowest BCUT2D eigenvalue weighted by molar-refractivity contribution is -0.150. The van der Waals surface area contributed by atoms with Crippen LogP contribution in [0.2, 0.25) is 0 Å². The standard InChI is InChI=1S/C28H41Br2N5O7/c1-9-15-12-28(15,24(39)41-10-2)33-21(36)18-11-16(35-22(37)19(30)17(29)13-31-35)14-34(18)23(38)20(26(3,4)5)32-25(40)42-27(6,7)8/h13,15-16,18,20H,9-12,14H2,1-8H3,(H,32,40)(H,33,36)/t15-,16-,18+,20-,28-/m1/s1. The van der Waals surface area contributed by atoms with Crippen molar-refractivity contribution in [2.75, 3.05) is 13.2 Å². The Balaban J connectivity index is 1.99. The number of amides is 3. The minimum Gasteiger partial charge on any atom is -0.464 e. The second-order valence-corrected chi connectivity index (χ2v) is 14.5. The Morgan fingerprint density at radius 3 is 2.31 bits per heavy atom. The van der Waals surface area contributed by atoms with Crippen molar-refractivity contribution in [2.45, 2.75) is 104 Å². The molecular weight excluding hydrogens is 678 g/mol. The predicted octanol–water partition coefficient (Wildman–Crippen LogP) is 3.70. The van der Waals surface area contributed by atoms with Gasteiger partial charge in [0.05, 0.1) is 23.3 Å². The molecule has 1 aliphatic heterocycles. The van der Waals surface area contributed by atoms with Gasteiger partial charge in [-0.3, -0.25) is 14.4 Å². The number of halogens is 2. The molecule has 1 saturated heterocycles. The van der Waals surface area contributed by atoms with Gasteiger partial charge < -0.3 is 25.0 Å². The molecule has 0 bridgehead atoms. The summed E-state index contributed by atoms with van der Waals surface area (Å²) < 4.78 is 12.7. The maximum Gasteiger partial charge on any atom is 0.408 e. The second-order valence-electron chi connectivity index (χ2n) is 12.9.